The van der Waals surface area contributed by atoms with Crippen LogP contribution in [-0.2, 0) is 0 Å². The van der Waals surface area contributed by atoms with E-state index in [9.17, 15) is 4.79 Å². The number of fused-ring (bicyclic) bond motifs is 1. The summed E-state index contributed by atoms with van der Waals surface area (Å²) < 4.78 is 5.17. The summed E-state index contributed by atoms with van der Waals surface area (Å²) >= 11 is 0. The van der Waals surface area contributed by atoms with Crippen molar-refractivity contribution >= 4 is 16.9 Å². The number of ether oxygens (including phenoxy) is 1. The first-order valence-electron chi connectivity index (χ1n) is 5.97. The van der Waals surface area contributed by atoms with Gasteiger partial charge in [-0.15, -0.1) is 0 Å². The molecule has 0 saturated carbocycles. The Labute approximate surface area is 114 Å². The predicted molar refractivity (Wildman–Crippen MR) is 74.4 cm³/mol. The Hall–Kier alpha value is -2.89. The normalized spacial score (nSPS) is 10.7. The van der Waals surface area contributed by atoms with E-state index in [0.717, 1.165) is 16.8 Å². The Bertz CT molecular complexity index is 795. The number of rotatable bonds is 3. The molecule has 1 amide bonds. The van der Waals surface area contributed by atoms with E-state index in [0.29, 0.717) is 17.0 Å². The van der Waals surface area contributed by atoms with Gasteiger partial charge in [-0.05, 0) is 18.2 Å². The van der Waals surface area contributed by atoms with E-state index in [1.54, 1.807) is 19.4 Å². The van der Waals surface area contributed by atoms with Crippen molar-refractivity contribution in [3.63, 3.8) is 0 Å². The van der Waals surface area contributed by atoms with E-state index < -0.39 is 5.91 Å². The molecule has 0 bridgehead atoms. The molecular weight excluding hydrogens is 256 g/mol. The van der Waals surface area contributed by atoms with Crippen molar-refractivity contribution in [3.05, 3.63) is 42.2 Å². The van der Waals surface area contributed by atoms with Gasteiger partial charge >= 0.3 is 0 Å². The fourth-order valence-corrected chi connectivity index (χ4v) is 2.04. The number of H-pyrrole nitrogens is 1. The second kappa shape index (κ2) is 4.65. The summed E-state index contributed by atoms with van der Waals surface area (Å²) in [5.41, 5.74) is 7.92. The summed E-state index contributed by atoms with van der Waals surface area (Å²) in [4.78, 5) is 23.0. The summed E-state index contributed by atoms with van der Waals surface area (Å²) in [5, 5.41) is 0. The minimum absolute atomic E-state index is 0.332. The number of aromatic nitrogens is 3. The van der Waals surface area contributed by atoms with Gasteiger partial charge < -0.3 is 15.5 Å². The molecule has 2 aromatic heterocycles. The summed E-state index contributed by atoms with van der Waals surface area (Å²) in [6, 6.07) is 7.22. The van der Waals surface area contributed by atoms with Gasteiger partial charge in [-0.2, -0.15) is 0 Å². The number of primary amides is 1. The third kappa shape index (κ3) is 1.97. The van der Waals surface area contributed by atoms with E-state index in [-0.39, 0.29) is 0 Å². The molecule has 3 rings (SSSR count). The lowest BCUT2D eigenvalue weighted by Crippen LogP contribution is -2.12. The molecule has 1 aromatic carbocycles. The summed E-state index contributed by atoms with van der Waals surface area (Å²) in [7, 11) is 1.60. The number of carbonyl (C=O) groups excluding carboxylic acids is 1. The monoisotopic (exact) mass is 268 g/mol. The van der Waals surface area contributed by atoms with Crippen molar-refractivity contribution < 1.29 is 9.53 Å². The molecule has 0 aliphatic rings. The molecule has 2 heterocycles. The van der Waals surface area contributed by atoms with Crippen LogP contribution in [0.4, 0.5) is 0 Å². The number of carbonyl (C=O) groups is 1. The Morgan fingerprint density at radius 2 is 2.20 bits per heavy atom. The summed E-state index contributed by atoms with van der Waals surface area (Å²) in [6.07, 6.45) is 3.03. The number of hydrogen-bond donors (Lipinski definition) is 2. The number of hydrogen-bond acceptors (Lipinski definition) is 4. The first-order valence-corrected chi connectivity index (χ1v) is 5.97. The first kappa shape index (κ1) is 12.2. The number of pyridine rings is 1. The maximum Gasteiger partial charge on any atom is 0.251 e. The van der Waals surface area contributed by atoms with Gasteiger partial charge in [-0.3, -0.25) is 9.78 Å². The fraction of sp³-hybridized carbons (Fsp3) is 0.0714. The molecule has 20 heavy (non-hydrogen) atoms. The van der Waals surface area contributed by atoms with E-state index in [1.807, 2.05) is 18.2 Å². The van der Waals surface area contributed by atoms with Crippen LogP contribution in [0.15, 0.2) is 36.7 Å². The Morgan fingerprint density at radius 3 is 2.95 bits per heavy atom. The van der Waals surface area contributed by atoms with Crippen LogP contribution >= 0.6 is 0 Å². The quantitative estimate of drug-likeness (QED) is 0.756. The SMILES string of the molecule is COc1ccc2nc(-c3ccncc3C(N)=O)[nH]c2c1. The number of nitrogens with zero attached hydrogens (tertiary/aromatic N) is 2. The van der Waals surface area contributed by atoms with Crippen LogP contribution in [0.5, 0.6) is 5.75 Å². The van der Waals surface area contributed by atoms with Gasteiger partial charge in [0.05, 0.1) is 23.7 Å². The van der Waals surface area contributed by atoms with Crippen LogP contribution in [0.2, 0.25) is 0 Å². The van der Waals surface area contributed by atoms with E-state index in [2.05, 4.69) is 15.0 Å². The molecule has 0 atom stereocenters. The number of nitrogens with one attached hydrogen (secondary N) is 1. The average molecular weight is 268 g/mol. The molecule has 6 nitrogen and oxygen atoms in total. The van der Waals surface area contributed by atoms with Crippen molar-refractivity contribution in [2.75, 3.05) is 7.11 Å². The highest BCUT2D eigenvalue weighted by atomic mass is 16.5. The second-order valence-corrected chi connectivity index (χ2v) is 4.25. The third-order valence-electron chi connectivity index (χ3n) is 3.03. The lowest BCUT2D eigenvalue weighted by atomic mass is 10.1. The molecule has 3 aromatic rings. The molecule has 0 aliphatic carbocycles. The second-order valence-electron chi connectivity index (χ2n) is 4.25. The first-order chi connectivity index (χ1) is 9.69. The molecule has 100 valence electrons. The molecule has 0 radical (unpaired) electrons. The molecule has 0 aliphatic heterocycles. The number of imidazole rings is 1. The molecule has 6 heteroatoms. The van der Waals surface area contributed by atoms with Gasteiger partial charge in [0.2, 0.25) is 0 Å². The van der Waals surface area contributed by atoms with Crippen LogP contribution in [0, 0.1) is 0 Å². The standard InChI is InChI=1S/C14H12N4O2/c1-20-8-2-3-11-12(6-8)18-14(17-11)9-4-5-16-7-10(9)13(15)19/h2-7H,1H3,(H2,15,19)(H,17,18). The highest BCUT2D eigenvalue weighted by molar-refractivity contribution is 5.99. The highest BCUT2D eigenvalue weighted by Gasteiger charge is 2.13. The predicted octanol–water partition coefficient (Wildman–Crippen LogP) is 1.73. The maximum atomic E-state index is 11.4. The molecule has 0 fully saturated rings. The van der Waals surface area contributed by atoms with Crippen molar-refractivity contribution in [2.45, 2.75) is 0 Å². The molecule has 0 spiro atoms. The van der Waals surface area contributed by atoms with Crippen molar-refractivity contribution in [3.8, 4) is 17.1 Å². The zero-order valence-electron chi connectivity index (χ0n) is 10.8. The minimum Gasteiger partial charge on any atom is -0.497 e. The van der Waals surface area contributed by atoms with E-state index in [4.69, 9.17) is 10.5 Å². The summed E-state index contributed by atoms with van der Waals surface area (Å²) in [6.45, 7) is 0. The van der Waals surface area contributed by atoms with Crippen LogP contribution in [-0.4, -0.2) is 28.0 Å². The minimum atomic E-state index is -0.536. The van der Waals surface area contributed by atoms with E-state index in [1.165, 1.54) is 6.20 Å². The van der Waals surface area contributed by atoms with Gasteiger partial charge in [0.25, 0.3) is 5.91 Å². The maximum absolute atomic E-state index is 11.4. The molecule has 0 saturated heterocycles. The van der Waals surface area contributed by atoms with Crippen LogP contribution in [0.1, 0.15) is 10.4 Å². The highest BCUT2D eigenvalue weighted by Crippen LogP contribution is 2.25. The fourth-order valence-electron chi connectivity index (χ4n) is 2.04. The Kier molecular flexibility index (Phi) is 2.83. The molecular formula is C14H12N4O2. The van der Waals surface area contributed by atoms with E-state index >= 15 is 0 Å². The van der Waals surface area contributed by atoms with Gasteiger partial charge in [-0.25, -0.2) is 4.98 Å². The number of benzene rings is 1. The topological polar surface area (TPSA) is 93.9 Å². The largest absolute Gasteiger partial charge is 0.497 e. The Balaban J connectivity index is 2.18. The molecule has 3 N–H and O–H groups in total. The number of aromatic amines is 1. The smallest absolute Gasteiger partial charge is 0.251 e. The van der Waals surface area contributed by atoms with Crippen LogP contribution in [0.25, 0.3) is 22.4 Å². The van der Waals surface area contributed by atoms with Crippen LogP contribution < -0.4 is 10.5 Å². The van der Waals surface area contributed by atoms with Crippen LogP contribution in [0.3, 0.4) is 0 Å². The van der Waals surface area contributed by atoms with Gasteiger partial charge in [0, 0.05) is 24.0 Å². The van der Waals surface area contributed by atoms with Gasteiger partial charge in [-0.1, -0.05) is 0 Å². The zero-order chi connectivity index (χ0) is 14.1. The zero-order valence-corrected chi connectivity index (χ0v) is 10.8. The van der Waals surface area contributed by atoms with Crippen molar-refractivity contribution in [1.29, 1.82) is 0 Å². The number of nitrogens with two attached hydrogens (primary N) is 1. The Morgan fingerprint density at radius 1 is 1.35 bits per heavy atom. The summed E-state index contributed by atoms with van der Waals surface area (Å²) in [5.74, 6) is 0.771. The third-order valence-corrected chi connectivity index (χ3v) is 3.03. The number of methoxy groups -OCH3 is 1. The van der Waals surface area contributed by atoms with Crippen molar-refractivity contribution in [2.24, 2.45) is 5.73 Å². The van der Waals surface area contributed by atoms with Crippen molar-refractivity contribution in [1.82, 2.24) is 15.0 Å². The lowest BCUT2D eigenvalue weighted by Gasteiger charge is -2.01. The van der Waals surface area contributed by atoms with Gasteiger partial charge in [0.1, 0.15) is 11.6 Å². The lowest BCUT2D eigenvalue weighted by molar-refractivity contribution is 0.100. The van der Waals surface area contributed by atoms with Gasteiger partial charge in [0.15, 0.2) is 0 Å². The number of amides is 1. The average Bonchev–Trinajstić information content (AvgIpc) is 2.89. The molecule has 0 unspecified atom stereocenters.